The van der Waals surface area contributed by atoms with Gasteiger partial charge in [0.15, 0.2) is 23.1 Å². The SMILES string of the molecule is CCC(c1ccc(-c2ccc(N3CCN(c4ccc(-n5cnn([C@@H](CC)[C@H](C)O)c5=O)cc4)CC3)cc2)cn1)n1nc(-c2ccc(F)c(F)c2F)c(=O)[nH]1. The van der Waals surface area contributed by atoms with E-state index >= 15 is 0 Å². The molecule has 6 aromatic rings. The number of aliphatic hydroxyl groups is 1. The molecule has 3 atom stereocenters. The van der Waals surface area contributed by atoms with Gasteiger partial charge >= 0.3 is 5.69 Å². The van der Waals surface area contributed by atoms with Gasteiger partial charge < -0.3 is 14.9 Å². The number of nitrogens with one attached hydrogen (secondary N) is 1. The van der Waals surface area contributed by atoms with Crippen LogP contribution < -0.4 is 21.0 Å². The lowest BCUT2D eigenvalue weighted by Crippen LogP contribution is -2.46. The Kier molecular flexibility index (Phi) is 10.2. The fourth-order valence-electron chi connectivity index (χ4n) is 7.00. The molecule has 0 radical (unpaired) electrons. The first-order valence-corrected chi connectivity index (χ1v) is 17.9. The molecule has 54 heavy (non-hydrogen) atoms. The third-order valence-corrected chi connectivity index (χ3v) is 10.1. The summed E-state index contributed by atoms with van der Waals surface area (Å²) >= 11 is 0. The third kappa shape index (κ3) is 6.94. The Morgan fingerprint density at radius 2 is 1.39 bits per heavy atom. The predicted octanol–water partition coefficient (Wildman–Crippen LogP) is 5.72. The first-order valence-electron chi connectivity index (χ1n) is 17.9. The summed E-state index contributed by atoms with van der Waals surface area (Å²) < 4.78 is 44.6. The number of halogens is 3. The first kappa shape index (κ1) is 36.4. The van der Waals surface area contributed by atoms with Crippen molar-refractivity contribution in [3.05, 3.63) is 129 Å². The number of piperazine rings is 1. The van der Waals surface area contributed by atoms with Gasteiger partial charge in [0.2, 0.25) is 0 Å². The van der Waals surface area contributed by atoms with Crippen LogP contribution in [0.25, 0.3) is 28.1 Å². The summed E-state index contributed by atoms with van der Waals surface area (Å²) in [6.45, 7) is 8.78. The number of H-pyrrole nitrogens is 1. The number of anilines is 2. The zero-order valence-electron chi connectivity index (χ0n) is 30.0. The minimum Gasteiger partial charge on any atom is -0.391 e. The summed E-state index contributed by atoms with van der Waals surface area (Å²) in [6, 6.07) is 20.8. The molecule has 0 amide bonds. The van der Waals surface area contributed by atoms with Crippen molar-refractivity contribution in [1.82, 2.24) is 34.3 Å². The van der Waals surface area contributed by atoms with Crippen LogP contribution >= 0.6 is 0 Å². The van der Waals surface area contributed by atoms with Crippen molar-refractivity contribution in [2.75, 3.05) is 36.0 Å². The zero-order valence-corrected chi connectivity index (χ0v) is 30.0. The van der Waals surface area contributed by atoms with Gasteiger partial charge in [0, 0.05) is 54.9 Å². The summed E-state index contributed by atoms with van der Waals surface area (Å²) in [5, 5.41) is 21.1. The molecule has 1 aliphatic rings. The van der Waals surface area contributed by atoms with E-state index in [4.69, 9.17) is 0 Å². The van der Waals surface area contributed by atoms with Gasteiger partial charge in [-0.05, 0) is 79.9 Å². The molecule has 0 bridgehead atoms. The molecular weight excluding hydrogens is 699 g/mol. The molecule has 4 heterocycles. The normalized spacial score (nSPS) is 15.0. The van der Waals surface area contributed by atoms with Gasteiger partial charge in [-0.15, -0.1) is 0 Å². The van der Waals surface area contributed by atoms with E-state index in [1.165, 1.54) is 20.4 Å². The van der Waals surface area contributed by atoms with Gasteiger partial charge in [-0.1, -0.05) is 32.0 Å². The largest absolute Gasteiger partial charge is 0.391 e. The standard InChI is InChI=1S/C39H40F3N9O3/c1-4-33(24(3)52)50-39(54)49(23-44-50)29-13-11-28(12-14-29)48-20-18-47(19-21-48)27-9-6-25(7-10-27)26-8-17-32(43-22-26)34(5-2)51-45-37(38(53)46-51)30-15-16-31(40)36(42)35(30)41/h6-17,22-24,33-34,52H,4-5,18-21H2,1-3H3,(H,46,53)/t24-,33-,34?/m0/s1. The lowest BCUT2D eigenvalue weighted by Gasteiger charge is -2.37. The molecule has 3 aromatic heterocycles. The minimum absolute atomic E-state index is 0.281. The van der Waals surface area contributed by atoms with E-state index in [1.807, 2.05) is 50.2 Å². The molecule has 1 unspecified atom stereocenters. The molecule has 3 aromatic carbocycles. The van der Waals surface area contributed by atoms with E-state index in [0.29, 0.717) is 24.2 Å². The van der Waals surface area contributed by atoms with Gasteiger partial charge in [0.05, 0.1) is 23.5 Å². The maximum atomic E-state index is 14.4. The number of hydrogen-bond donors (Lipinski definition) is 2. The summed E-state index contributed by atoms with van der Waals surface area (Å²) in [7, 11) is 0. The lowest BCUT2D eigenvalue weighted by molar-refractivity contribution is 0.118. The smallest absolute Gasteiger partial charge is 0.350 e. The van der Waals surface area contributed by atoms with Gasteiger partial charge in [0.1, 0.15) is 12.4 Å². The second kappa shape index (κ2) is 15.2. The molecule has 15 heteroatoms. The van der Waals surface area contributed by atoms with Crippen LogP contribution in [0.1, 0.15) is 51.4 Å². The average Bonchev–Trinajstić information content (AvgIpc) is 3.76. The summed E-state index contributed by atoms with van der Waals surface area (Å²) in [5.41, 5.74) is 3.60. The molecular formula is C39H40F3N9O3. The molecule has 7 rings (SSSR count). The van der Waals surface area contributed by atoms with Crippen LogP contribution in [0.2, 0.25) is 0 Å². The first-order chi connectivity index (χ1) is 26.1. The van der Waals surface area contributed by atoms with Crippen LogP contribution in [0.4, 0.5) is 24.5 Å². The molecule has 1 saturated heterocycles. The molecule has 2 N–H and O–H groups in total. The quantitative estimate of drug-likeness (QED) is 0.162. The second-order valence-corrected chi connectivity index (χ2v) is 13.3. The van der Waals surface area contributed by atoms with E-state index in [2.05, 4.69) is 54.3 Å². The Balaban J connectivity index is 0.975. The number of aromatic amines is 1. The number of nitrogens with zero attached hydrogens (tertiary/aromatic N) is 8. The minimum atomic E-state index is -1.66. The Morgan fingerprint density at radius 3 is 1.96 bits per heavy atom. The van der Waals surface area contributed by atoms with Crippen LogP contribution in [0, 0.1) is 17.5 Å². The molecule has 1 fully saturated rings. The predicted molar refractivity (Wildman–Crippen MR) is 200 cm³/mol. The van der Waals surface area contributed by atoms with Crippen molar-refractivity contribution in [3.8, 4) is 28.1 Å². The second-order valence-electron chi connectivity index (χ2n) is 13.3. The third-order valence-electron chi connectivity index (χ3n) is 10.1. The maximum absolute atomic E-state index is 14.4. The molecule has 1 aliphatic heterocycles. The summed E-state index contributed by atoms with van der Waals surface area (Å²) in [4.78, 5) is 36.2. The number of pyridine rings is 1. The zero-order chi connectivity index (χ0) is 38.1. The van der Waals surface area contributed by atoms with Crippen molar-refractivity contribution in [3.63, 3.8) is 0 Å². The molecule has 12 nitrogen and oxygen atoms in total. The van der Waals surface area contributed by atoms with Gasteiger partial charge in [-0.3, -0.25) is 9.78 Å². The Morgan fingerprint density at radius 1 is 0.778 bits per heavy atom. The van der Waals surface area contributed by atoms with Crippen LogP contribution in [0.5, 0.6) is 0 Å². The van der Waals surface area contributed by atoms with Crippen molar-refractivity contribution in [1.29, 1.82) is 0 Å². The summed E-state index contributed by atoms with van der Waals surface area (Å²) in [5.74, 6) is -4.49. The van der Waals surface area contributed by atoms with E-state index in [1.54, 1.807) is 13.1 Å². The number of aromatic nitrogens is 7. The van der Waals surface area contributed by atoms with Crippen molar-refractivity contribution in [2.24, 2.45) is 0 Å². The van der Waals surface area contributed by atoms with Crippen LogP contribution in [-0.4, -0.2) is 71.7 Å². The van der Waals surface area contributed by atoms with Crippen molar-refractivity contribution < 1.29 is 18.3 Å². The molecule has 0 aliphatic carbocycles. The van der Waals surface area contributed by atoms with Gasteiger partial charge in [-0.25, -0.2) is 32.3 Å². The molecule has 280 valence electrons. The number of benzene rings is 3. The Hall–Kier alpha value is -5.96. The lowest BCUT2D eigenvalue weighted by atomic mass is 10.0. The Labute approximate surface area is 308 Å². The fourth-order valence-corrected chi connectivity index (χ4v) is 7.00. The Bertz CT molecular complexity index is 2340. The highest BCUT2D eigenvalue weighted by molar-refractivity contribution is 5.66. The highest BCUT2D eigenvalue weighted by Gasteiger charge is 2.24. The van der Waals surface area contributed by atoms with E-state index in [-0.39, 0.29) is 17.4 Å². The average molecular weight is 740 g/mol. The maximum Gasteiger partial charge on any atom is 0.350 e. The summed E-state index contributed by atoms with van der Waals surface area (Å²) in [6.07, 6.45) is 3.64. The fraction of sp³-hybridized carbons (Fsp3) is 0.308. The number of rotatable bonds is 11. The topological polar surface area (TPSA) is 130 Å². The van der Waals surface area contributed by atoms with Crippen molar-refractivity contribution >= 4 is 11.4 Å². The monoisotopic (exact) mass is 739 g/mol. The van der Waals surface area contributed by atoms with E-state index in [0.717, 1.165) is 60.8 Å². The number of aliphatic hydroxyl groups excluding tert-OH is 1. The van der Waals surface area contributed by atoms with E-state index in [9.17, 15) is 27.9 Å². The highest BCUT2D eigenvalue weighted by atomic mass is 19.2. The van der Waals surface area contributed by atoms with Crippen molar-refractivity contribution in [2.45, 2.75) is 51.8 Å². The molecule has 0 spiro atoms. The van der Waals surface area contributed by atoms with Crippen LogP contribution in [0.15, 0.2) is 94.9 Å². The van der Waals surface area contributed by atoms with E-state index < -0.39 is 40.7 Å². The van der Waals surface area contributed by atoms with Gasteiger partial charge in [0.25, 0.3) is 5.56 Å². The van der Waals surface area contributed by atoms with Crippen LogP contribution in [0.3, 0.4) is 0 Å². The number of hydrogen-bond acceptors (Lipinski definition) is 8. The van der Waals surface area contributed by atoms with Gasteiger partial charge in [-0.2, -0.15) is 15.0 Å². The van der Waals surface area contributed by atoms with Crippen LogP contribution in [-0.2, 0) is 0 Å². The molecule has 0 saturated carbocycles. The highest BCUT2D eigenvalue weighted by Crippen LogP contribution is 2.28.